The van der Waals surface area contributed by atoms with Gasteiger partial charge >= 0.3 is 0 Å². The van der Waals surface area contributed by atoms with Gasteiger partial charge in [0.2, 0.25) is 11.7 Å². The molecule has 0 N–H and O–H groups in total. The van der Waals surface area contributed by atoms with E-state index in [9.17, 15) is 4.79 Å². The lowest BCUT2D eigenvalue weighted by Crippen LogP contribution is -2.47. The Morgan fingerprint density at radius 1 is 1.03 bits per heavy atom. The summed E-state index contributed by atoms with van der Waals surface area (Å²) in [4.78, 5) is 25.9. The van der Waals surface area contributed by atoms with Gasteiger partial charge in [-0.1, -0.05) is 29.8 Å². The largest absolute Gasteiger partial charge is 0.481 e. The molecule has 2 aromatic heterocycles. The minimum atomic E-state index is -0.147. The third kappa shape index (κ3) is 4.44. The minimum Gasteiger partial charge on any atom is -0.481 e. The van der Waals surface area contributed by atoms with E-state index in [1.165, 1.54) is 0 Å². The quantitative estimate of drug-likeness (QED) is 0.635. The van der Waals surface area contributed by atoms with E-state index in [0.717, 1.165) is 24.2 Å². The number of carbonyl (C=O) groups is 1. The van der Waals surface area contributed by atoms with Gasteiger partial charge in [-0.3, -0.25) is 4.79 Å². The number of aromatic nitrogens is 4. The highest BCUT2D eigenvalue weighted by Gasteiger charge is 2.26. The van der Waals surface area contributed by atoms with E-state index in [1.54, 1.807) is 24.1 Å². The summed E-state index contributed by atoms with van der Waals surface area (Å²) >= 11 is 0. The predicted octanol–water partition coefficient (Wildman–Crippen LogP) is 2.46. The first-order valence-corrected chi connectivity index (χ1v) is 9.57. The van der Waals surface area contributed by atoms with Crippen molar-refractivity contribution in [3.8, 4) is 23.0 Å². The van der Waals surface area contributed by atoms with Crippen molar-refractivity contribution in [2.75, 3.05) is 40.3 Å². The Bertz CT molecular complexity index is 995. The van der Waals surface area contributed by atoms with Crippen LogP contribution in [0, 0.1) is 6.92 Å². The van der Waals surface area contributed by atoms with Crippen molar-refractivity contribution in [3.05, 3.63) is 54.0 Å². The highest BCUT2D eigenvalue weighted by Crippen LogP contribution is 2.23. The second-order valence-corrected chi connectivity index (χ2v) is 7.19. The van der Waals surface area contributed by atoms with Crippen molar-refractivity contribution in [1.82, 2.24) is 29.5 Å². The van der Waals surface area contributed by atoms with E-state index in [1.807, 2.05) is 42.2 Å². The fourth-order valence-corrected chi connectivity index (χ4v) is 3.24. The number of hydrogen-bond donors (Lipinski definition) is 0. The maximum Gasteiger partial charge on any atom is 0.293 e. The first-order chi connectivity index (χ1) is 14.0. The van der Waals surface area contributed by atoms with Gasteiger partial charge in [0.15, 0.2) is 5.82 Å². The molecule has 1 aliphatic rings. The summed E-state index contributed by atoms with van der Waals surface area (Å²) in [6.45, 7) is 5.07. The van der Waals surface area contributed by atoms with Crippen LogP contribution in [0.25, 0.3) is 17.1 Å². The Kier molecular flexibility index (Phi) is 6.69. The maximum absolute atomic E-state index is 13.0. The first kappa shape index (κ1) is 21.7. The lowest BCUT2D eigenvalue weighted by Gasteiger charge is -2.31. The van der Waals surface area contributed by atoms with Gasteiger partial charge < -0.3 is 14.5 Å². The molecule has 0 saturated carbocycles. The Morgan fingerprint density at radius 3 is 2.33 bits per heavy atom. The van der Waals surface area contributed by atoms with Crippen LogP contribution in [-0.4, -0.2) is 75.8 Å². The van der Waals surface area contributed by atoms with Crippen LogP contribution in [0.2, 0.25) is 0 Å². The SMILES string of the molecule is COc1ccc(-n2nc(C(=O)N3CCN(C)CC3)nc2-c2ccc(C)cc2)cn1.Cl. The molecule has 158 valence electrons. The van der Waals surface area contributed by atoms with Crippen LogP contribution in [0.1, 0.15) is 16.2 Å². The molecule has 0 unspecified atom stereocenters. The number of carbonyl (C=O) groups excluding carboxylic acids is 1. The van der Waals surface area contributed by atoms with Crippen LogP contribution in [0.5, 0.6) is 5.88 Å². The summed E-state index contributed by atoms with van der Waals surface area (Å²) in [5.41, 5.74) is 2.75. The van der Waals surface area contributed by atoms with E-state index >= 15 is 0 Å². The van der Waals surface area contributed by atoms with E-state index in [0.29, 0.717) is 30.5 Å². The zero-order valence-corrected chi connectivity index (χ0v) is 18.1. The second kappa shape index (κ2) is 9.23. The number of aryl methyl sites for hydroxylation is 1. The van der Waals surface area contributed by atoms with Gasteiger partial charge in [-0.15, -0.1) is 17.5 Å². The molecular weight excluding hydrogens is 404 g/mol. The third-order valence-electron chi connectivity index (χ3n) is 5.07. The van der Waals surface area contributed by atoms with Gasteiger partial charge in [0.05, 0.1) is 19.0 Å². The van der Waals surface area contributed by atoms with Crippen LogP contribution >= 0.6 is 12.4 Å². The number of ether oxygens (including phenoxy) is 1. The third-order valence-corrected chi connectivity index (χ3v) is 5.07. The fraction of sp³-hybridized carbons (Fsp3) is 0.333. The number of halogens is 1. The van der Waals surface area contributed by atoms with Crippen molar-refractivity contribution in [2.24, 2.45) is 0 Å². The van der Waals surface area contributed by atoms with Crippen molar-refractivity contribution < 1.29 is 9.53 Å². The zero-order chi connectivity index (χ0) is 20.4. The Balaban J connectivity index is 0.00000256. The lowest BCUT2D eigenvalue weighted by atomic mass is 10.1. The average Bonchev–Trinajstić information content (AvgIpc) is 3.20. The first-order valence-electron chi connectivity index (χ1n) is 9.57. The minimum absolute atomic E-state index is 0. The topological polar surface area (TPSA) is 76.4 Å². The number of benzene rings is 1. The molecule has 30 heavy (non-hydrogen) atoms. The van der Waals surface area contributed by atoms with Crippen LogP contribution < -0.4 is 4.74 Å². The summed E-state index contributed by atoms with van der Waals surface area (Å²) in [6, 6.07) is 11.6. The maximum atomic E-state index is 13.0. The smallest absolute Gasteiger partial charge is 0.293 e. The van der Waals surface area contributed by atoms with Gasteiger partial charge in [-0.2, -0.15) is 0 Å². The molecule has 0 bridgehead atoms. The number of hydrogen-bond acceptors (Lipinski definition) is 6. The number of likely N-dealkylation sites (N-methyl/N-ethyl adjacent to an activating group) is 1. The molecule has 3 aromatic rings. The fourth-order valence-electron chi connectivity index (χ4n) is 3.24. The number of pyridine rings is 1. The molecule has 1 fully saturated rings. The number of methoxy groups -OCH3 is 1. The normalized spacial score (nSPS) is 14.3. The number of nitrogens with zero attached hydrogens (tertiary/aromatic N) is 6. The van der Waals surface area contributed by atoms with Crippen molar-refractivity contribution in [3.63, 3.8) is 0 Å². The van der Waals surface area contributed by atoms with E-state index in [-0.39, 0.29) is 24.1 Å². The van der Waals surface area contributed by atoms with Crippen molar-refractivity contribution >= 4 is 18.3 Å². The Labute approximate surface area is 181 Å². The lowest BCUT2D eigenvalue weighted by molar-refractivity contribution is 0.0652. The summed E-state index contributed by atoms with van der Waals surface area (Å²) in [7, 11) is 3.63. The van der Waals surface area contributed by atoms with Crippen LogP contribution in [-0.2, 0) is 0 Å². The van der Waals surface area contributed by atoms with Crippen molar-refractivity contribution in [2.45, 2.75) is 6.92 Å². The zero-order valence-electron chi connectivity index (χ0n) is 17.3. The van der Waals surface area contributed by atoms with Gasteiger partial charge in [-0.05, 0) is 20.0 Å². The molecule has 0 atom stereocenters. The monoisotopic (exact) mass is 428 g/mol. The molecule has 4 rings (SSSR count). The summed E-state index contributed by atoms with van der Waals surface area (Å²) in [5.74, 6) is 1.17. The van der Waals surface area contributed by atoms with E-state index in [4.69, 9.17) is 4.74 Å². The summed E-state index contributed by atoms with van der Waals surface area (Å²) in [5, 5.41) is 4.55. The van der Waals surface area contributed by atoms with E-state index < -0.39 is 0 Å². The number of amides is 1. The molecule has 1 aliphatic heterocycles. The van der Waals surface area contributed by atoms with Crippen LogP contribution in [0.15, 0.2) is 42.6 Å². The molecule has 1 saturated heterocycles. The van der Waals surface area contributed by atoms with Gasteiger partial charge in [0.1, 0.15) is 0 Å². The Hall–Kier alpha value is -2.97. The molecule has 9 heteroatoms. The summed E-state index contributed by atoms with van der Waals surface area (Å²) in [6.07, 6.45) is 1.66. The molecule has 8 nitrogen and oxygen atoms in total. The predicted molar refractivity (Wildman–Crippen MR) is 117 cm³/mol. The van der Waals surface area contributed by atoms with E-state index in [2.05, 4.69) is 27.0 Å². The molecule has 0 radical (unpaired) electrons. The molecule has 0 aliphatic carbocycles. The van der Waals surface area contributed by atoms with Gasteiger partial charge in [0, 0.05) is 37.8 Å². The highest BCUT2D eigenvalue weighted by molar-refractivity contribution is 5.91. The average molecular weight is 429 g/mol. The Morgan fingerprint density at radius 2 is 1.73 bits per heavy atom. The molecule has 3 heterocycles. The number of piperazine rings is 1. The molecule has 0 spiro atoms. The molecule has 1 aromatic carbocycles. The highest BCUT2D eigenvalue weighted by atomic mass is 35.5. The number of rotatable bonds is 4. The van der Waals surface area contributed by atoms with Crippen molar-refractivity contribution in [1.29, 1.82) is 0 Å². The molecule has 1 amide bonds. The standard InChI is InChI=1S/C21H24N6O2.ClH/c1-15-4-6-16(7-5-15)20-23-19(21(28)26-12-10-25(2)11-13-26)24-27(20)17-8-9-18(29-3)22-14-17;/h4-9,14H,10-13H2,1-3H3;1H. The van der Waals surface area contributed by atoms with Crippen LogP contribution in [0.3, 0.4) is 0 Å². The van der Waals surface area contributed by atoms with Gasteiger partial charge in [0.25, 0.3) is 5.91 Å². The van der Waals surface area contributed by atoms with Gasteiger partial charge in [-0.25, -0.2) is 14.6 Å². The summed E-state index contributed by atoms with van der Waals surface area (Å²) < 4.78 is 6.81. The van der Waals surface area contributed by atoms with Crippen LogP contribution in [0.4, 0.5) is 0 Å². The molecular formula is C21H25ClN6O2. The second-order valence-electron chi connectivity index (χ2n) is 7.19.